The summed E-state index contributed by atoms with van der Waals surface area (Å²) in [6.45, 7) is 4.00. The number of aryl methyl sites for hydroxylation is 3. The largest absolute Gasteiger partial charge is 0.441 e. The molecular formula is C21H27ClN6O2. The van der Waals surface area contributed by atoms with Crippen LogP contribution in [0.15, 0.2) is 34.9 Å². The van der Waals surface area contributed by atoms with E-state index in [1.165, 1.54) is 5.56 Å². The summed E-state index contributed by atoms with van der Waals surface area (Å²) >= 11 is 0. The van der Waals surface area contributed by atoms with Crippen LogP contribution < -0.4 is 10.6 Å². The van der Waals surface area contributed by atoms with E-state index in [1.54, 1.807) is 17.9 Å². The first-order valence-corrected chi connectivity index (χ1v) is 10.0. The highest BCUT2D eigenvalue weighted by Gasteiger charge is 2.21. The highest BCUT2D eigenvalue weighted by molar-refractivity contribution is 5.89. The van der Waals surface area contributed by atoms with Crippen LogP contribution in [0.2, 0.25) is 0 Å². The second-order valence-corrected chi connectivity index (χ2v) is 7.47. The fourth-order valence-corrected chi connectivity index (χ4v) is 3.45. The number of piperidine rings is 1. The van der Waals surface area contributed by atoms with Crippen LogP contribution in [0.5, 0.6) is 0 Å². The predicted molar refractivity (Wildman–Crippen MR) is 117 cm³/mol. The Morgan fingerprint density at radius 1 is 1.27 bits per heavy atom. The molecule has 0 bridgehead atoms. The number of aromatic nitrogens is 4. The quantitative estimate of drug-likeness (QED) is 0.623. The Morgan fingerprint density at radius 2 is 2.00 bits per heavy atom. The molecule has 1 saturated heterocycles. The molecule has 0 radical (unpaired) electrons. The summed E-state index contributed by atoms with van der Waals surface area (Å²) in [5.74, 6) is 2.76. The Hall–Kier alpha value is -2.71. The lowest BCUT2D eigenvalue weighted by atomic mass is 9.98. The third-order valence-corrected chi connectivity index (χ3v) is 5.19. The minimum absolute atomic E-state index is 0. The van der Waals surface area contributed by atoms with Crippen molar-refractivity contribution in [3.05, 3.63) is 47.7 Å². The van der Waals surface area contributed by atoms with Gasteiger partial charge in [-0.05, 0) is 32.9 Å². The molecule has 160 valence electrons. The Morgan fingerprint density at radius 3 is 2.73 bits per heavy atom. The third kappa shape index (κ3) is 5.25. The molecule has 0 aliphatic carbocycles. The average molecular weight is 431 g/mol. The van der Waals surface area contributed by atoms with E-state index in [1.807, 2.05) is 31.2 Å². The lowest BCUT2D eigenvalue weighted by Crippen LogP contribution is -2.27. The van der Waals surface area contributed by atoms with E-state index >= 15 is 0 Å². The molecule has 1 amide bonds. The normalized spacial score (nSPS) is 14.3. The first kappa shape index (κ1) is 22.0. The van der Waals surface area contributed by atoms with Gasteiger partial charge in [0, 0.05) is 31.4 Å². The van der Waals surface area contributed by atoms with E-state index in [9.17, 15) is 4.79 Å². The number of nitrogens with zero attached hydrogens (tertiary/aromatic N) is 4. The van der Waals surface area contributed by atoms with E-state index in [4.69, 9.17) is 4.42 Å². The van der Waals surface area contributed by atoms with E-state index < -0.39 is 0 Å². The second kappa shape index (κ2) is 9.86. The molecule has 1 fully saturated rings. The van der Waals surface area contributed by atoms with Crippen LogP contribution in [0.3, 0.4) is 0 Å². The van der Waals surface area contributed by atoms with Gasteiger partial charge >= 0.3 is 0 Å². The van der Waals surface area contributed by atoms with Crippen molar-refractivity contribution < 1.29 is 9.21 Å². The molecule has 3 heterocycles. The maximum Gasteiger partial charge on any atom is 0.227 e. The molecule has 4 rings (SSSR count). The number of hydrogen-bond acceptors (Lipinski definition) is 6. The molecule has 2 N–H and O–H groups in total. The number of carbonyl (C=O) groups excluding carboxylic acids is 1. The minimum Gasteiger partial charge on any atom is -0.441 e. The highest BCUT2D eigenvalue weighted by atomic mass is 35.5. The summed E-state index contributed by atoms with van der Waals surface area (Å²) in [6, 6.07) is 8.06. The molecule has 3 aromatic rings. The number of rotatable bonds is 6. The van der Waals surface area contributed by atoms with Gasteiger partial charge in [0.2, 0.25) is 11.9 Å². The minimum atomic E-state index is -0.132. The number of carbonyl (C=O) groups is 1. The van der Waals surface area contributed by atoms with Crippen molar-refractivity contribution in [2.24, 2.45) is 7.05 Å². The van der Waals surface area contributed by atoms with Crippen molar-refractivity contribution in [3.63, 3.8) is 0 Å². The molecule has 30 heavy (non-hydrogen) atoms. The molecule has 0 atom stereocenters. The number of anilines is 1. The van der Waals surface area contributed by atoms with Crippen LogP contribution in [0.4, 0.5) is 5.95 Å². The molecule has 0 unspecified atom stereocenters. The van der Waals surface area contributed by atoms with E-state index in [0.717, 1.165) is 37.3 Å². The van der Waals surface area contributed by atoms with Gasteiger partial charge in [0.15, 0.2) is 17.5 Å². The number of halogens is 1. The van der Waals surface area contributed by atoms with Crippen LogP contribution in [0, 0.1) is 6.92 Å². The Bertz CT molecular complexity index is 976. The van der Waals surface area contributed by atoms with Crippen molar-refractivity contribution in [1.82, 2.24) is 25.1 Å². The number of nitrogens with one attached hydrogen (secondary N) is 2. The molecule has 2 aromatic heterocycles. The number of benzene rings is 1. The summed E-state index contributed by atoms with van der Waals surface area (Å²) in [4.78, 5) is 21.2. The van der Waals surface area contributed by atoms with E-state index in [-0.39, 0.29) is 24.7 Å². The summed E-state index contributed by atoms with van der Waals surface area (Å²) in [7, 11) is 1.80. The average Bonchev–Trinajstić information content (AvgIpc) is 3.35. The maximum absolute atomic E-state index is 12.4. The van der Waals surface area contributed by atoms with Crippen LogP contribution in [0.1, 0.15) is 42.5 Å². The van der Waals surface area contributed by atoms with Gasteiger partial charge in [0.1, 0.15) is 0 Å². The number of amides is 1. The van der Waals surface area contributed by atoms with Gasteiger partial charge in [-0.1, -0.05) is 29.8 Å². The van der Waals surface area contributed by atoms with Gasteiger partial charge < -0.3 is 9.73 Å². The first-order chi connectivity index (χ1) is 14.1. The van der Waals surface area contributed by atoms with Crippen molar-refractivity contribution in [2.75, 3.05) is 18.4 Å². The molecule has 1 aliphatic rings. The molecule has 1 aromatic carbocycles. The first-order valence-electron chi connectivity index (χ1n) is 10.0. The molecule has 0 saturated carbocycles. The number of hydrogen-bond donors (Lipinski definition) is 2. The zero-order valence-corrected chi connectivity index (χ0v) is 18.0. The zero-order chi connectivity index (χ0) is 20.2. The summed E-state index contributed by atoms with van der Waals surface area (Å²) in [5, 5.41) is 10.7. The third-order valence-electron chi connectivity index (χ3n) is 5.19. The van der Waals surface area contributed by atoms with Gasteiger partial charge in [0.25, 0.3) is 0 Å². The van der Waals surface area contributed by atoms with Crippen molar-refractivity contribution >= 4 is 24.3 Å². The lowest BCUT2D eigenvalue weighted by Gasteiger charge is -2.19. The molecule has 9 heteroatoms. The Labute approximate surface area is 181 Å². The van der Waals surface area contributed by atoms with E-state index in [0.29, 0.717) is 29.9 Å². The van der Waals surface area contributed by atoms with Crippen molar-refractivity contribution in [3.8, 4) is 11.3 Å². The number of oxazole rings is 1. The fraction of sp³-hybridized carbons (Fsp3) is 0.429. The Kier molecular flexibility index (Phi) is 7.23. The maximum atomic E-state index is 12.4. The topological polar surface area (TPSA) is 97.9 Å². The molecule has 8 nitrogen and oxygen atoms in total. The summed E-state index contributed by atoms with van der Waals surface area (Å²) in [6.07, 6.45) is 4.43. The van der Waals surface area contributed by atoms with Crippen LogP contribution in [-0.2, 0) is 18.3 Å². The van der Waals surface area contributed by atoms with Crippen LogP contribution in [0.25, 0.3) is 11.3 Å². The zero-order valence-electron chi connectivity index (χ0n) is 17.2. The van der Waals surface area contributed by atoms with Crippen molar-refractivity contribution in [1.29, 1.82) is 0 Å². The van der Waals surface area contributed by atoms with Crippen molar-refractivity contribution in [2.45, 2.75) is 38.5 Å². The SMILES string of the molecule is Cc1ccc(-c2cnc(CCC(=O)Nc3nc(C4CCNCC4)nn3C)o2)cc1.Cl. The Balaban J connectivity index is 0.00000256. The fourth-order valence-electron chi connectivity index (χ4n) is 3.45. The smallest absolute Gasteiger partial charge is 0.227 e. The van der Waals surface area contributed by atoms with Gasteiger partial charge in [-0.25, -0.2) is 9.67 Å². The monoisotopic (exact) mass is 430 g/mol. The van der Waals surface area contributed by atoms with Gasteiger partial charge in [-0.15, -0.1) is 12.4 Å². The molecule has 1 aliphatic heterocycles. The van der Waals surface area contributed by atoms with Crippen LogP contribution in [-0.4, -0.2) is 38.7 Å². The van der Waals surface area contributed by atoms with E-state index in [2.05, 4.69) is 25.7 Å². The summed E-state index contributed by atoms with van der Waals surface area (Å²) in [5.41, 5.74) is 2.17. The highest BCUT2D eigenvalue weighted by Crippen LogP contribution is 2.24. The molecular weight excluding hydrogens is 404 g/mol. The lowest BCUT2D eigenvalue weighted by molar-refractivity contribution is -0.116. The summed E-state index contributed by atoms with van der Waals surface area (Å²) < 4.78 is 7.42. The van der Waals surface area contributed by atoms with Gasteiger partial charge in [0.05, 0.1) is 6.20 Å². The van der Waals surface area contributed by atoms with Gasteiger partial charge in [-0.2, -0.15) is 10.1 Å². The standard InChI is InChI=1S/C21H26N6O2.ClH/c1-14-3-5-15(6-4-14)17-13-23-19(29-17)8-7-18(28)24-21-25-20(26-27(21)2)16-9-11-22-12-10-16;/h3-6,13,16,22H,7-12H2,1-2H3,(H,24,25,26,28);1H. The van der Waals surface area contributed by atoms with Crippen LogP contribution >= 0.6 is 12.4 Å². The molecule has 0 spiro atoms. The predicted octanol–water partition coefficient (Wildman–Crippen LogP) is 3.24. The second-order valence-electron chi connectivity index (χ2n) is 7.47. The van der Waals surface area contributed by atoms with Gasteiger partial charge in [-0.3, -0.25) is 10.1 Å².